The number of carbonyl (C=O) groups is 3. The first-order chi connectivity index (χ1) is 24.6. The lowest BCUT2D eigenvalue weighted by Gasteiger charge is -2.23. The minimum atomic E-state index is -0.833. The van der Waals surface area contributed by atoms with E-state index in [4.69, 9.17) is 25.3 Å². The number of ether oxygens (including phenoxy) is 3. The molecule has 0 bridgehead atoms. The second-order valence-corrected chi connectivity index (χ2v) is 12.3. The average molecular weight is 708 g/mol. The van der Waals surface area contributed by atoms with Crippen LogP contribution in [0.5, 0.6) is 5.75 Å². The van der Waals surface area contributed by atoms with E-state index in [1.54, 1.807) is 6.92 Å². The number of benzene rings is 1. The average Bonchev–Trinajstić information content (AvgIpc) is 3.40. The topological polar surface area (TPSA) is 250 Å². The first-order valence-corrected chi connectivity index (χ1v) is 16.9. The number of aryl methyl sites for hydroxylation is 2. The highest BCUT2D eigenvalue weighted by Crippen LogP contribution is 2.38. The number of aromatic nitrogens is 1. The van der Waals surface area contributed by atoms with Crippen molar-refractivity contribution in [3.8, 4) is 5.75 Å². The molecule has 1 aromatic carbocycles. The van der Waals surface area contributed by atoms with E-state index in [0.717, 1.165) is 6.42 Å². The molecule has 16 nitrogen and oxygen atoms in total. The Kier molecular flexibility index (Phi) is 17.4. The summed E-state index contributed by atoms with van der Waals surface area (Å²) >= 11 is 0. The molecule has 1 heterocycles. The van der Waals surface area contributed by atoms with Gasteiger partial charge in [-0.3, -0.25) is 19.4 Å². The molecule has 0 spiro atoms. The second kappa shape index (κ2) is 22.0. The molecule has 1 aliphatic carbocycles. The van der Waals surface area contributed by atoms with Crippen LogP contribution in [0.2, 0.25) is 0 Å². The van der Waals surface area contributed by atoms with Gasteiger partial charge in [0.2, 0.25) is 0 Å². The number of allylic oxidation sites excluding steroid dienone is 2. The lowest BCUT2D eigenvalue weighted by atomic mass is 9.85. The monoisotopic (exact) mass is 707 g/mol. The fraction of sp³-hybridized carbons (Fsp3) is 0.543. The molecule has 2 aromatic rings. The van der Waals surface area contributed by atoms with Crippen LogP contribution in [0.15, 0.2) is 58.9 Å². The van der Waals surface area contributed by atoms with Gasteiger partial charge in [-0.2, -0.15) is 0 Å². The summed E-state index contributed by atoms with van der Waals surface area (Å²) in [5.41, 5.74) is 18.8. The Morgan fingerprint density at radius 2 is 1.63 bits per heavy atom. The van der Waals surface area contributed by atoms with Crippen LogP contribution in [0.4, 0.5) is 0 Å². The molecular weight excluding hydrogens is 662 g/mol. The van der Waals surface area contributed by atoms with Crippen molar-refractivity contribution < 1.29 is 43.9 Å². The predicted octanol–water partition coefficient (Wildman–Crippen LogP) is 5.25. The summed E-state index contributed by atoms with van der Waals surface area (Å²) in [4.78, 5) is 46.0. The zero-order valence-electron chi connectivity index (χ0n) is 28.6. The van der Waals surface area contributed by atoms with Gasteiger partial charge in [0.1, 0.15) is 26.3 Å². The lowest BCUT2D eigenvalue weighted by Crippen LogP contribution is -2.23. The number of aliphatic hydroxyl groups excluding tert-OH is 3. The number of esters is 3. The molecule has 274 valence electrons. The Labute approximate surface area is 295 Å². The van der Waals surface area contributed by atoms with Gasteiger partial charge in [0, 0.05) is 33.6 Å². The number of carbonyl (C=O) groups excluding carboxylic acids is 3. The number of hydrogen-bond acceptors (Lipinski definition) is 12. The van der Waals surface area contributed by atoms with Gasteiger partial charge >= 0.3 is 17.9 Å². The van der Waals surface area contributed by atoms with Crippen molar-refractivity contribution in [2.75, 3.05) is 13.1 Å². The number of aliphatic hydroxyl groups is 3. The highest BCUT2D eigenvalue weighted by Gasteiger charge is 2.40. The van der Waals surface area contributed by atoms with Gasteiger partial charge in [0.15, 0.2) is 5.75 Å². The molecular formula is C35H45N7O9. The zero-order chi connectivity index (χ0) is 37.0. The summed E-state index contributed by atoms with van der Waals surface area (Å²) < 4.78 is 15.9. The van der Waals surface area contributed by atoms with Gasteiger partial charge in [-0.15, -0.1) is 0 Å². The van der Waals surface area contributed by atoms with E-state index in [-0.39, 0.29) is 41.7 Å². The van der Waals surface area contributed by atoms with Gasteiger partial charge < -0.3 is 29.5 Å². The fourth-order valence-electron chi connectivity index (χ4n) is 5.99. The van der Waals surface area contributed by atoms with Gasteiger partial charge in [0.05, 0.1) is 24.0 Å². The zero-order valence-corrected chi connectivity index (χ0v) is 28.6. The summed E-state index contributed by atoms with van der Waals surface area (Å²) in [6.45, 7) is -0.243. The third-order valence-electron chi connectivity index (χ3n) is 8.70. The number of pyridine rings is 1. The molecule has 3 N–H and O–H groups in total. The van der Waals surface area contributed by atoms with Crippen LogP contribution in [0.1, 0.15) is 73.8 Å². The van der Waals surface area contributed by atoms with Crippen molar-refractivity contribution in [1.82, 2.24) is 4.98 Å². The molecule has 16 heteroatoms. The molecule has 1 saturated carbocycles. The largest absolute Gasteiger partial charge is 0.461 e. The summed E-state index contributed by atoms with van der Waals surface area (Å²) in [7, 11) is 0. The van der Waals surface area contributed by atoms with Gasteiger partial charge in [-0.1, -0.05) is 52.7 Å². The van der Waals surface area contributed by atoms with E-state index in [0.29, 0.717) is 50.6 Å². The number of hydrogen-bond donors (Lipinski definition) is 3. The van der Waals surface area contributed by atoms with Crippen molar-refractivity contribution >= 4 is 17.9 Å². The first-order valence-electron chi connectivity index (χ1n) is 16.9. The highest BCUT2D eigenvalue weighted by molar-refractivity contribution is 5.74. The molecule has 5 atom stereocenters. The molecule has 1 fully saturated rings. The molecule has 0 radical (unpaired) electrons. The Balaban J connectivity index is 1.52. The van der Waals surface area contributed by atoms with Gasteiger partial charge in [-0.05, 0) is 86.8 Å². The molecule has 0 unspecified atom stereocenters. The van der Waals surface area contributed by atoms with E-state index in [9.17, 15) is 29.7 Å². The molecule has 0 amide bonds. The summed E-state index contributed by atoms with van der Waals surface area (Å²) in [6.07, 6.45) is 7.93. The van der Waals surface area contributed by atoms with E-state index in [1.165, 1.54) is 11.8 Å². The summed E-state index contributed by atoms with van der Waals surface area (Å²) in [5, 5.41) is 38.1. The fourth-order valence-corrected chi connectivity index (χ4v) is 5.99. The van der Waals surface area contributed by atoms with Crippen LogP contribution < -0.4 is 4.74 Å². The molecule has 51 heavy (non-hydrogen) atoms. The van der Waals surface area contributed by atoms with Gasteiger partial charge in [-0.25, -0.2) is 0 Å². The standard InChI is InChI=1S/C35H45N7O9/c1-23-35(29(22-50-34(48)20-40-42-37)25(18-38-23)21-49-33(47)19-39-41-36)51-32(46)12-8-3-2-7-11-27-28(31(45)17-30(27)44)16-15-26(43)14-13-24-9-5-4-6-10-24/h2,4-7,9-10,18,26-28,30-31,43-45H,3,8,11-17,19-22H2,1H3/b7-2-/t26-,27+,28+,30-,31+/m0/s1. The first kappa shape index (κ1) is 40.4. The molecule has 1 aromatic heterocycles. The quantitative estimate of drug-likeness (QED) is 0.0379. The van der Waals surface area contributed by atoms with E-state index >= 15 is 0 Å². The SMILES string of the molecule is Cc1ncc(COC(=O)CN=[N+]=[N-])c(COC(=O)CN=[N+]=[N-])c1OC(=O)CCC/C=C\C[C@@H]1[C@@H](CC[C@@H](O)CCc2ccccc2)[C@H](O)C[C@@H]1O. The third-order valence-corrected chi connectivity index (χ3v) is 8.70. The summed E-state index contributed by atoms with van der Waals surface area (Å²) in [5.74, 6) is -2.45. The predicted molar refractivity (Wildman–Crippen MR) is 183 cm³/mol. The number of rotatable bonds is 21. The number of unbranched alkanes of at least 4 members (excludes halogenated alkanes) is 1. The molecule has 0 saturated heterocycles. The minimum absolute atomic E-state index is 0.0284. The Bertz CT molecular complexity index is 1580. The van der Waals surface area contributed by atoms with Crippen LogP contribution in [0, 0.1) is 18.8 Å². The van der Waals surface area contributed by atoms with Crippen molar-refractivity contribution in [2.45, 2.75) is 96.2 Å². The summed E-state index contributed by atoms with van der Waals surface area (Å²) in [6, 6.07) is 9.96. The van der Waals surface area contributed by atoms with Crippen molar-refractivity contribution in [1.29, 1.82) is 0 Å². The maximum Gasteiger partial charge on any atom is 0.312 e. The Morgan fingerprint density at radius 1 is 0.961 bits per heavy atom. The van der Waals surface area contributed by atoms with E-state index in [1.807, 2.05) is 42.5 Å². The van der Waals surface area contributed by atoms with E-state index in [2.05, 4.69) is 25.0 Å². The van der Waals surface area contributed by atoms with Crippen LogP contribution in [-0.4, -0.2) is 69.6 Å². The second-order valence-electron chi connectivity index (χ2n) is 12.3. The highest BCUT2D eigenvalue weighted by atomic mass is 16.6. The minimum Gasteiger partial charge on any atom is -0.461 e. The maximum atomic E-state index is 12.9. The van der Waals surface area contributed by atoms with E-state index < -0.39 is 55.9 Å². The molecule has 3 rings (SSSR count). The van der Waals surface area contributed by atoms with Crippen molar-refractivity contribution in [3.63, 3.8) is 0 Å². The maximum absolute atomic E-state index is 12.9. The van der Waals surface area contributed by atoms with Crippen LogP contribution in [0.3, 0.4) is 0 Å². The number of azide groups is 2. The van der Waals surface area contributed by atoms with Gasteiger partial charge in [0.25, 0.3) is 0 Å². The van der Waals surface area contributed by atoms with Crippen LogP contribution in [-0.2, 0) is 43.5 Å². The third kappa shape index (κ3) is 14.0. The lowest BCUT2D eigenvalue weighted by molar-refractivity contribution is -0.145. The number of nitrogens with zero attached hydrogens (tertiary/aromatic N) is 7. The molecule has 1 aliphatic rings. The normalized spacial score (nSPS) is 18.7. The Morgan fingerprint density at radius 3 is 2.31 bits per heavy atom. The van der Waals surface area contributed by atoms with Crippen molar-refractivity contribution in [3.05, 3.63) is 92.0 Å². The molecule has 0 aliphatic heterocycles. The Hall–Kier alpha value is -4.98. The van der Waals surface area contributed by atoms with Crippen LogP contribution in [0.25, 0.3) is 20.9 Å². The smallest absolute Gasteiger partial charge is 0.312 e. The van der Waals surface area contributed by atoms with Crippen LogP contribution >= 0.6 is 0 Å². The van der Waals surface area contributed by atoms with Crippen molar-refractivity contribution in [2.24, 2.45) is 22.1 Å².